The Morgan fingerprint density at radius 2 is 1.85 bits per heavy atom. The molecule has 1 heterocycles. The predicted octanol–water partition coefficient (Wildman–Crippen LogP) is 3.80. The minimum Gasteiger partial charge on any atom is -0.326 e. The third kappa shape index (κ3) is 3.25. The van der Waals surface area contributed by atoms with Gasteiger partial charge in [0, 0.05) is 36.4 Å². The molecule has 4 rings (SSSR count). The van der Waals surface area contributed by atoms with Crippen molar-refractivity contribution >= 4 is 40.6 Å². The molecule has 2 saturated carbocycles. The summed E-state index contributed by atoms with van der Waals surface area (Å²) in [5.74, 6) is 0.429. The third-order valence-corrected chi connectivity index (χ3v) is 6.30. The Morgan fingerprint density at radius 1 is 1.12 bits per heavy atom. The van der Waals surface area contributed by atoms with Crippen molar-refractivity contribution < 1.29 is 14.4 Å². The van der Waals surface area contributed by atoms with Crippen molar-refractivity contribution in [2.75, 3.05) is 16.8 Å². The van der Waals surface area contributed by atoms with Crippen molar-refractivity contribution in [3.8, 4) is 0 Å². The lowest BCUT2D eigenvalue weighted by atomic mass is 9.67. The first kappa shape index (κ1) is 17.5. The van der Waals surface area contributed by atoms with Crippen LogP contribution in [-0.4, -0.2) is 24.1 Å². The van der Waals surface area contributed by atoms with Crippen LogP contribution in [0.4, 0.5) is 11.4 Å². The number of nitrogens with zero attached hydrogens (tertiary/aromatic N) is 1. The summed E-state index contributed by atoms with van der Waals surface area (Å²) in [6.07, 6.45) is 5.66. The predicted molar refractivity (Wildman–Crippen MR) is 100 cm³/mol. The lowest BCUT2D eigenvalue weighted by molar-refractivity contribution is -0.136. The van der Waals surface area contributed by atoms with E-state index in [9.17, 15) is 14.4 Å². The van der Waals surface area contributed by atoms with Gasteiger partial charge in [-0.1, -0.05) is 18.0 Å². The Labute approximate surface area is 158 Å². The highest BCUT2D eigenvalue weighted by Gasteiger charge is 2.41. The van der Waals surface area contributed by atoms with Crippen molar-refractivity contribution in [3.05, 3.63) is 23.2 Å². The number of benzene rings is 1. The fraction of sp³-hybridized carbons (Fsp3) is 0.550. The second-order valence-electron chi connectivity index (χ2n) is 7.70. The second kappa shape index (κ2) is 7.03. The molecule has 2 aliphatic carbocycles. The lowest BCUT2D eigenvalue weighted by Crippen LogP contribution is -2.40. The number of ketones is 1. The minimum atomic E-state index is -0.110. The first-order chi connectivity index (χ1) is 12.5. The number of carbonyl (C=O) groups is 3. The Kier molecular flexibility index (Phi) is 4.74. The highest BCUT2D eigenvalue weighted by molar-refractivity contribution is 6.34. The van der Waals surface area contributed by atoms with Crippen LogP contribution >= 0.6 is 11.6 Å². The number of halogens is 1. The maximum Gasteiger partial charge on any atom is 0.227 e. The fourth-order valence-corrected chi connectivity index (χ4v) is 4.93. The molecule has 26 heavy (non-hydrogen) atoms. The number of hydrogen-bond donors (Lipinski definition) is 1. The van der Waals surface area contributed by atoms with Gasteiger partial charge in [-0.2, -0.15) is 0 Å². The Balaban J connectivity index is 1.44. The van der Waals surface area contributed by atoms with Crippen molar-refractivity contribution in [2.45, 2.75) is 44.9 Å². The van der Waals surface area contributed by atoms with Gasteiger partial charge in [0.15, 0.2) is 0 Å². The molecular formula is C20H23ClN2O3. The quantitative estimate of drug-likeness (QED) is 0.875. The summed E-state index contributed by atoms with van der Waals surface area (Å²) in [4.78, 5) is 38.5. The molecule has 1 aromatic carbocycles. The average molecular weight is 375 g/mol. The molecular weight excluding hydrogens is 352 g/mol. The van der Waals surface area contributed by atoms with Gasteiger partial charge in [-0.15, -0.1) is 0 Å². The van der Waals surface area contributed by atoms with E-state index in [1.807, 2.05) is 0 Å². The van der Waals surface area contributed by atoms with E-state index in [1.54, 1.807) is 23.1 Å². The lowest BCUT2D eigenvalue weighted by Gasteiger charge is -2.36. The van der Waals surface area contributed by atoms with E-state index in [0.29, 0.717) is 48.0 Å². The molecule has 2 bridgehead atoms. The van der Waals surface area contributed by atoms with Crippen LogP contribution in [-0.2, 0) is 14.4 Å². The highest BCUT2D eigenvalue weighted by atomic mass is 35.5. The second-order valence-corrected chi connectivity index (χ2v) is 8.11. The summed E-state index contributed by atoms with van der Waals surface area (Å²) in [6.45, 7) is 0.684. The van der Waals surface area contributed by atoms with E-state index >= 15 is 0 Å². The molecule has 1 aromatic rings. The van der Waals surface area contributed by atoms with Gasteiger partial charge >= 0.3 is 0 Å². The number of anilines is 2. The number of carbonyl (C=O) groups excluding carboxylic acids is 3. The van der Waals surface area contributed by atoms with E-state index in [2.05, 4.69) is 5.32 Å². The summed E-state index contributed by atoms with van der Waals surface area (Å²) in [5.41, 5.74) is 1.34. The largest absolute Gasteiger partial charge is 0.326 e. The molecule has 6 heteroatoms. The van der Waals surface area contributed by atoms with Gasteiger partial charge in [0.25, 0.3) is 0 Å². The molecule has 1 saturated heterocycles. The van der Waals surface area contributed by atoms with Crippen LogP contribution in [0.25, 0.3) is 0 Å². The van der Waals surface area contributed by atoms with Crippen LogP contribution in [0.5, 0.6) is 0 Å². The maximum atomic E-state index is 12.7. The zero-order valence-electron chi connectivity index (χ0n) is 14.7. The summed E-state index contributed by atoms with van der Waals surface area (Å²) < 4.78 is 0. The molecule has 0 aromatic heterocycles. The van der Waals surface area contributed by atoms with Gasteiger partial charge in [-0.3, -0.25) is 14.4 Å². The van der Waals surface area contributed by atoms with E-state index in [1.165, 1.54) is 0 Å². The van der Waals surface area contributed by atoms with Crippen molar-refractivity contribution in [3.63, 3.8) is 0 Å². The summed E-state index contributed by atoms with van der Waals surface area (Å²) in [7, 11) is 0. The van der Waals surface area contributed by atoms with E-state index in [4.69, 9.17) is 11.6 Å². The summed E-state index contributed by atoms with van der Waals surface area (Å²) >= 11 is 6.35. The number of hydrogen-bond acceptors (Lipinski definition) is 3. The van der Waals surface area contributed by atoms with Crippen LogP contribution < -0.4 is 10.2 Å². The Hall–Kier alpha value is -1.88. The molecule has 2 atom stereocenters. The van der Waals surface area contributed by atoms with Crippen molar-refractivity contribution in [1.82, 2.24) is 0 Å². The monoisotopic (exact) mass is 374 g/mol. The molecule has 5 nitrogen and oxygen atoms in total. The van der Waals surface area contributed by atoms with Crippen LogP contribution in [0.1, 0.15) is 44.9 Å². The normalized spacial score (nSPS) is 28.3. The SMILES string of the molecule is O=C(Nc1ccc(N2CCCC2=O)c(Cl)c1)C1CC2CCCC(C1)C2=O. The molecule has 2 unspecified atom stereocenters. The van der Waals surface area contributed by atoms with Gasteiger partial charge in [0.1, 0.15) is 5.78 Å². The van der Waals surface area contributed by atoms with Gasteiger partial charge in [0.05, 0.1) is 10.7 Å². The fourth-order valence-electron chi connectivity index (χ4n) is 4.64. The van der Waals surface area contributed by atoms with Gasteiger partial charge < -0.3 is 10.2 Å². The zero-order chi connectivity index (χ0) is 18.3. The van der Waals surface area contributed by atoms with E-state index in [0.717, 1.165) is 25.7 Å². The molecule has 1 N–H and O–H groups in total. The molecule has 3 aliphatic rings. The average Bonchev–Trinajstić information content (AvgIpc) is 3.00. The molecule has 2 amide bonds. The Morgan fingerprint density at radius 3 is 2.46 bits per heavy atom. The third-order valence-electron chi connectivity index (χ3n) is 6.00. The number of fused-ring (bicyclic) bond motifs is 2. The van der Waals surface area contributed by atoms with Crippen molar-refractivity contribution in [2.24, 2.45) is 17.8 Å². The Bertz CT molecular complexity index is 747. The van der Waals surface area contributed by atoms with Crippen molar-refractivity contribution in [1.29, 1.82) is 0 Å². The number of Topliss-reactive ketones (excluding diaryl/α,β-unsaturated/α-hetero) is 1. The van der Waals surface area contributed by atoms with E-state index in [-0.39, 0.29) is 29.6 Å². The maximum absolute atomic E-state index is 12.7. The van der Waals surface area contributed by atoms with Crippen LogP contribution in [0.3, 0.4) is 0 Å². The van der Waals surface area contributed by atoms with Gasteiger partial charge in [-0.05, 0) is 50.3 Å². The smallest absolute Gasteiger partial charge is 0.227 e. The highest BCUT2D eigenvalue weighted by Crippen LogP contribution is 2.40. The number of amides is 2. The molecule has 0 radical (unpaired) electrons. The zero-order valence-corrected chi connectivity index (χ0v) is 15.4. The topological polar surface area (TPSA) is 66.5 Å². The van der Waals surface area contributed by atoms with Gasteiger partial charge in [0.2, 0.25) is 11.8 Å². The molecule has 3 fully saturated rings. The molecule has 138 valence electrons. The van der Waals surface area contributed by atoms with Crippen LogP contribution in [0, 0.1) is 17.8 Å². The number of rotatable bonds is 3. The van der Waals surface area contributed by atoms with E-state index < -0.39 is 0 Å². The summed E-state index contributed by atoms with van der Waals surface area (Å²) in [6, 6.07) is 5.29. The first-order valence-corrected chi connectivity index (χ1v) is 9.85. The molecule has 0 spiro atoms. The standard InChI is InChI=1S/C20H23ClN2O3/c21-16-11-15(6-7-17(16)23-8-2-5-18(23)24)22-20(26)14-9-12-3-1-4-13(10-14)19(12)25/h6-7,11-14H,1-5,8-10H2,(H,22,26). The first-order valence-electron chi connectivity index (χ1n) is 9.47. The van der Waals surface area contributed by atoms with Gasteiger partial charge in [-0.25, -0.2) is 0 Å². The minimum absolute atomic E-state index is 0.0320. The van der Waals surface area contributed by atoms with Crippen LogP contribution in [0.15, 0.2) is 18.2 Å². The molecule has 1 aliphatic heterocycles. The van der Waals surface area contributed by atoms with Crippen LogP contribution in [0.2, 0.25) is 5.02 Å². The number of nitrogens with one attached hydrogen (secondary N) is 1. The summed E-state index contributed by atoms with van der Waals surface area (Å²) in [5, 5.41) is 3.41.